The largest absolute Gasteiger partial charge is 0.467 e. The van der Waals surface area contributed by atoms with E-state index in [9.17, 15) is 4.79 Å². The highest BCUT2D eigenvalue weighted by atomic mass is 79.9. The summed E-state index contributed by atoms with van der Waals surface area (Å²) in [5.41, 5.74) is 1.27. The van der Waals surface area contributed by atoms with E-state index in [2.05, 4.69) is 30.9 Å². The van der Waals surface area contributed by atoms with Gasteiger partial charge in [0.15, 0.2) is 11.2 Å². The van der Waals surface area contributed by atoms with Crippen LogP contribution in [0.2, 0.25) is 0 Å². The third-order valence-corrected chi connectivity index (χ3v) is 4.46. The van der Waals surface area contributed by atoms with Crippen LogP contribution in [0.15, 0.2) is 39.9 Å². The average Bonchev–Trinajstić information content (AvgIpc) is 2.78. The molecular weight excluding hydrogens is 348 g/mol. The summed E-state index contributed by atoms with van der Waals surface area (Å²) in [6.07, 6.45) is 1.40. The zero-order chi connectivity index (χ0) is 15.5. The van der Waals surface area contributed by atoms with Crippen LogP contribution in [-0.4, -0.2) is 25.1 Å². The number of imidazole rings is 1. The number of nitrogens with zero attached hydrogens (tertiary/aromatic N) is 3. The molecule has 1 aliphatic rings. The van der Waals surface area contributed by atoms with Crippen molar-refractivity contribution in [2.75, 3.05) is 0 Å². The van der Waals surface area contributed by atoms with Gasteiger partial charge in [-0.15, -0.1) is 0 Å². The van der Waals surface area contributed by atoms with E-state index in [1.807, 2.05) is 38.1 Å². The molecule has 2 aromatic heterocycles. The van der Waals surface area contributed by atoms with Crippen molar-refractivity contribution in [3.8, 4) is 5.88 Å². The standard InChI is InChI=1S/C15H13BrN4O2/c1-15(2)11(8-3-5-9(16)6-4-8)20-10-12(19-14(20)21)17-7-18-13(10)22-15/h3-7,11H,1-2H3,(H,17,18,19,21). The maximum absolute atomic E-state index is 12.5. The summed E-state index contributed by atoms with van der Waals surface area (Å²) in [4.78, 5) is 23.5. The Bertz CT molecular complexity index is 927. The molecule has 1 aromatic carbocycles. The zero-order valence-corrected chi connectivity index (χ0v) is 13.6. The van der Waals surface area contributed by atoms with E-state index in [0.29, 0.717) is 17.0 Å². The minimum Gasteiger partial charge on any atom is -0.467 e. The van der Waals surface area contributed by atoms with Crippen LogP contribution in [0.1, 0.15) is 25.5 Å². The first kappa shape index (κ1) is 13.5. The molecule has 0 saturated carbocycles. The molecule has 0 fully saturated rings. The fourth-order valence-electron chi connectivity index (χ4n) is 3.07. The van der Waals surface area contributed by atoms with Gasteiger partial charge < -0.3 is 4.74 Å². The third kappa shape index (κ3) is 1.81. The number of nitrogens with one attached hydrogen (secondary N) is 1. The van der Waals surface area contributed by atoms with E-state index >= 15 is 0 Å². The second-order valence-electron chi connectivity index (χ2n) is 5.84. The van der Waals surface area contributed by atoms with Gasteiger partial charge in [0.2, 0.25) is 5.88 Å². The second kappa shape index (κ2) is 4.42. The Labute approximate surface area is 134 Å². The van der Waals surface area contributed by atoms with Gasteiger partial charge in [0.1, 0.15) is 18.0 Å². The summed E-state index contributed by atoms with van der Waals surface area (Å²) in [5.74, 6) is 0.432. The molecule has 1 N–H and O–H groups in total. The fraction of sp³-hybridized carbons (Fsp3) is 0.267. The van der Waals surface area contributed by atoms with E-state index in [0.717, 1.165) is 10.0 Å². The molecule has 1 aliphatic heterocycles. The predicted octanol–water partition coefficient (Wildman–Crippen LogP) is 2.64. The molecule has 1 unspecified atom stereocenters. The number of H-pyrrole nitrogens is 1. The topological polar surface area (TPSA) is 72.8 Å². The molecule has 0 amide bonds. The molecule has 22 heavy (non-hydrogen) atoms. The lowest BCUT2D eigenvalue weighted by Gasteiger charge is -2.38. The summed E-state index contributed by atoms with van der Waals surface area (Å²) in [5, 5.41) is 0. The molecule has 0 bridgehead atoms. The van der Waals surface area contributed by atoms with E-state index in [1.165, 1.54) is 6.33 Å². The highest BCUT2D eigenvalue weighted by Crippen LogP contribution is 2.40. The fourth-order valence-corrected chi connectivity index (χ4v) is 3.33. The Morgan fingerprint density at radius 3 is 2.73 bits per heavy atom. The Hall–Kier alpha value is -2.15. The van der Waals surface area contributed by atoms with Crippen molar-refractivity contribution in [1.82, 2.24) is 19.5 Å². The SMILES string of the molecule is CC1(C)Oc2ncnc3[nH]c(=O)n(c23)C1c1ccc(Br)cc1. The molecule has 0 spiro atoms. The van der Waals surface area contributed by atoms with Gasteiger partial charge >= 0.3 is 5.69 Å². The summed E-state index contributed by atoms with van der Waals surface area (Å²) in [6, 6.07) is 7.62. The number of hydrogen-bond donors (Lipinski definition) is 1. The van der Waals surface area contributed by atoms with Crippen LogP contribution >= 0.6 is 15.9 Å². The minimum atomic E-state index is -0.617. The lowest BCUT2D eigenvalue weighted by Crippen LogP contribution is -2.45. The summed E-state index contributed by atoms with van der Waals surface area (Å²) in [6.45, 7) is 3.91. The number of rotatable bonds is 1. The van der Waals surface area contributed by atoms with Gasteiger partial charge in [-0.2, -0.15) is 4.98 Å². The molecular formula is C15H13BrN4O2. The van der Waals surface area contributed by atoms with Crippen molar-refractivity contribution < 1.29 is 4.74 Å². The van der Waals surface area contributed by atoms with E-state index in [4.69, 9.17) is 4.74 Å². The minimum absolute atomic E-state index is 0.207. The summed E-state index contributed by atoms with van der Waals surface area (Å²) < 4.78 is 8.74. The lowest BCUT2D eigenvalue weighted by atomic mass is 9.90. The van der Waals surface area contributed by atoms with Gasteiger partial charge in [-0.1, -0.05) is 28.1 Å². The molecule has 112 valence electrons. The number of aromatic amines is 1. The van der Waals surface area contributed by atoms with Gasteiger partial charge in [-0.25, -0.2) is 9.78 Å². The van der Waals surface area contributed by atoms with Crippen LogP contribution in [0.3, 0.4) is 0 Å². The van der Waals surface area contributed by atoms with E-state index in [1.54, 1.807) is 4.57 Å². The molecule has 0 saturated heterocycles. The first-order valence-corrected chi connectivity index (χ1v) is 7.66. The van der Waals surface area contributed by atoms with Crippen LogP contribution in [0, 0.1) is 0 Å². The lowest BCUT2D eigenvalue weighted by molar-refractivity contribution is 0.0509. The van der Waals surface area contributed by atoms with Crippen molar-refractivity contribution in [2.45, 2.75) is 25.5 Å². The van der Waals surface area contributed by atoms with Crippen LogP contribution in [0.4, 0.5) is 0 Å². The van der Waals surface area contributed by atoms with Gasteiger partial charge in [-0.3, -0.25) is 9.55 Å². The number of benzene rings is 1. The van der Waals surface area contributed by atoms with E-state index < -0.39 is 5.60 Å². The molecule has 1 atom stereocenters. The molecule has 4 rings (SSSR count). The van der Waals surface area contributed by atoms with Gasteiger partial charge in [-0.05, 0) is 31.5 Å². The monoisotopic (exact) mass is 360 g/mol. The van der Waals surface area contributed by atoms with Crippen LogP contribution in [-0.2, 0) is 0 Å². The number of ether oxygens (including phenoxy) is 1. The normalized spacial score (nSPS) is 19.1. The van der Waals surface area contributed by atoms with Gasteiger partial charge in [0.05, 0.1) is 0 Å². The first-order valence-electron chi connectivity index (χ1n) is 6.87. The van der Waals surface area contributed by atoms with Gasteiger partial charge in [0, 0.05) is 4.47 Å². The summed E-state index contributed by atoms with van der Waals surface area (Å²) in [7, 11) is 0. The van der Waals surface area contributed by atoms with Crippen LogP contribution in [0.25, 0.3) is 11.2 Å². The Kier molecular flexibility index (Phi) is 2.72. The second-order valence-corrected chi connectivity index (χ2v) is 6.75. The zero-order valence-electron chi connectivity index (χ0n) is 12.0. The maximum atomic E-state index is 12.5. The molecule has 0 aliphatic carbocycles. The molecule has 7 heteroatoms. The molecule has 3 aromatic rings. The smallest absolute Gasteiger partial charge is 0.328 e. The van der Waals surface area contributed by atoms with Crippen molar-refractivity contribution in [3.63, 3.8) is 0 Å². The Balaban J connectivity index is 2.05. The molecule has 6 nitrogen and oxygen atoms in total. The summed E-state index contributed by atoms with van der Waals surface area (Å²) >= 11 is 3.43. The molecule has 0 radical (unpaired) electrons. The quantitative estimate of drug-likeness (QED) is 0.723. The van der Waals surface area contributed by atoms with Crippen molar-refractivity contribution >= 4 is 27.1 Å². The number of halogens is 1. The van der Waals surface area contributed by atoms with Crippen LogP contribution in [0.5, 0.6) is 5.88 Å². The highest BCUT2D eigenvalue weighted by Gasteiger charge is 2.42. The Morgan fingerprint density at radius 2 is 2.00 bits per heavy atom. The number of aromatic nitrogens is 4. The highest BCUT2D eigenvalue weighted by molar-refractivity contribution is 9.10. The predicted molar refractivity (Wildman–Crippen MR) is 85.1 cm³/mol. The van der Waals surface area contributed by atoms with Crippen molar-refractivity contribution in [3.05, 3.63) is 51.1 Å². The third-order valence-electron chi connectivity index (χ3n) is 3.94. The number of hydrogen-bond acceptors (Lipinski definition) is 4. The van der Waals surface area contributed by atoms with Crippen molar-refractivity contribution in [1.29, 1.82) is 0 Å². The first-order chi connectivity index (χ1) is 10.5. The van der Waals surface area contributed by atoms with Gasteiger partial charge in [0.25, 0.3) is 0 Å². The molecule has 3 heterocycles. The van der Waals surface area contributed by atoms with E-state index in [-0.39, 0.29) is 11.7 Å². The van der Waals surface area contributed by atoms with Crippen LogP contribution < -0.4 is 10.4 Å². The maximum Gasteiger partial charge on any atom is 0.328 e. The average molecular weight is 361 g/mol. The van der Waals surface area contributed by atoms with Crippen molar-refractivity contribution in [2.24, 2.45) is 0 Å². The Morgan fingerprint density at radius 1 is 1.27 bits per heavy atom.